The van der Waals surface area contributed by atoms with Crippen LogP contribution in [-0.4, -0.2) is 61.3 Å². The van der Waals surface area contributed by atoms with E-state index in [1.54, 1.807) is 36.4 Å². The number of benzene rings is 2. The molecule has 4 aliphatic rings. The molecule has 5 atom stereocenters. The topological polar surface area (TPSA) is 123 Å². The van der Waals surface area contributed by atoms with Crippen molar-refractivity contribution in [1.29, 1.82) is 0 Å². The highest BCUT2D eigenvalue weighted by molar-refractivity contribution is 6.48. The van der Waals surface area contributed by atoms with Crippen LogP contribution in [0.1, 0.15) is 59.9 Å². The molecule has 206 valence electrons. The molecule has 3 aliphatic carbocycles. The fraction of sp³-hybridized carbons (Fsp3) is 0.483. The largest absolute Gasteiger partial charge is 0.496 e. The van der Waals surface area contributed by atoms with Crippen LogP contribution in [0.25, 0.3) is 0 Å². The highest BCUT2D eigenvalue weighted by Crippen LogP contribution is 2.65. The van der Waals surface area contributed by atoms with Crippen LogP contribution in [0.3, 0.4) is 0 Å². The molecular weight excluding hydrogens is 499 g/mol. The van der Waals surface area contributed by atoms with Gasteiger partial charge in [0, 0.05) is 5.56 Å². The highest BCUT2D eigenvalue weighted by atomic mass is 16.7. The Morgan fingerprint density at radius 2 is 1.85 bits per heavy atom. The minimum atomic E-state index is -1.10. The molecule has 3 saturated carbocycles. The summed E-state index contributed by atoms with van der Waals surface area (Å²) in [5.74, 6) is -1.38. The van der Waals surface area contributed by atoms with Gasteiger partial charge in [-0.05, 0) is 67.2 Å². The molecule has 3 N–H and O–H groups in total. The quantitative estimate of drug-likeness (QED) is 0.423. The molecule has 0 aromatic heterocycles. The number of ether oxygens (including phenoxy) is 1. The van der Waals surface area contributed by atoms with E-state index in [0.717, 1.165) is 12.8 Å². The van der Waals surface area contributed by atoms with Crippen molar-refractivity contribution >= 4 is 24.9 Å². The van der Waals surface area contributed by atoms with Crippen LogP contribution in [-0.2, 0) is 20.5 Å². The molecule has 0 radical (unpaired) electrons. The Balaban J connectivity index is 1.36. The van der Waals surface area contributed by atoms with Gasteiger partial charge in [-0.3, -0.25) is 9.59 Å². The van der Waals surface area contributed by atoms with Crippen LogP contribution in [0.5, 0.6) is 5.75 Å². The van der Waals surface area contributed by atoms with E-state index < -0.39 is 30.5 Å². The Morgan fingerprint density at radius 1 is 1.10 bits per heavy atom. The lowest BCUT2D eigenvalue weighted by Gasteiger charge is -2.64. The maximum Gasteiger partial charge on any atom is 0.482 e. The normalized spacial score (nSPS) is 27.1. The van der Waals surface area contributed by atoms with Gasteiger partial charge in [-0.15, -0.1) is 0 Å². The number of carbonyl (C=O) groups excluding carboxylic acids is 2. The molecule has 1 heterocycles. The van der Waals surface area contributed by atoms with Crippen molar-refractivity contribution in [2.24, 2.45) is 17.3 Å². The number of aromatic carboxylic acids is 1. The van der Waals surface area contributed by atoms with Crippen molar-refractivity contribution in [2.75, 3.05) is 13.7 Å². The number of hydrogen-bond donors (Lipinski definition) is 3. The number of amides is 2. The maximum absolute atomic E-state index is 13.1. The van der Waals surface area contributed by atoms with Gasteiger partial charge < -0.3 is 29.8 Å². The smallest absolute Gasteiger partial charge is 0.482 e. The number of carboxylic acids is 1. The highest BCUT2D eigenvalue weighted by Gasteiger charge is 2.68. The van der Waals surface area contributed by atoms with Crippen molar-refractivity contribution in [3.8, 4) is 5.75 Å². The average molecular weight is 534 g/mol. The lowest BCUT2D eigenvalue weighted by molar-refractivity contribution is -0.199. The molecule has 4 fully saturated rings. The first-order chi connectivity index (χ1) is 18.5. The van der Waals surface area contributed by atoms with Crippen LogP contribution in [0.2, 0.25) is 0 Å². The predicted octanol–water partition coefficient (Wildman–Crippen LogP) is 3.12. The number of nitrogens with one attached hydrogen (secondary N) is 2. The summed E-state index contributed by atoms with van der Waals surface area (Å²) in [7, 11) is 0.674. The third kappa shape index (κ3) is 4.91. The Labute approximate surface area is 228 Å². The Bertz CT molecular complexity index is 1270. The fourth-order valence-corrected chi connectivity index (χ4v) is 6.79. The zero-order valence-corrected chi connectivity index (χ0v) is 22.7. The summed E-state index contributed by atoms with van der Waals surface area (Å²) >= 11 is 0. The molecule has 2 aromatic rings. The fourth-order valence-electron chi connectivity index (χ4n) is 6.79. The third-order valence-corrected chi connectivity index (χ3v) is 9.06. The minimum Gasteiger partial charge on any atom is -0.496 e. The average Bonchev–Trinajstić information content (AvgIpc) is 3.28. The van der Waals surface area contributed by atoms with E-state index in [9.17, 15) is 19.5 Å². The van der Waals surface area contributed by atoms with Crippen molar-refractivity contribution < 1.29 is 33.5 Å². The summed E-state index contributed by atoms with van der Waals surface area (Å²) in [4.78, 5) is 37.3. The summed E-state index contributed by atoms with van der Waals surface area (Å²) < 4.78 is 18.6. The van der Waals surface area contributed by atoms with Crippen LogP contribution in [0.15, 0.2) is 48.5 Å². The van der Waals surface area contributed by atoms with Gasteiger partial charge >= 0.3 is 13.1 Å². The first kappa shape index (κ1) is 27.2. The van der Waals surface area contributed by atoms with E-state index in [-0.39, 0.29) is 41.7 Å². The second kappa shape index (κ2) is 10.3. The number of para-hydroxylation sites is 1. The van der Waals surface area contributed by atoms with Gasteiger partial charge in [0.15, 0.2) is 0 Å². The molecule has 2 aromatic carbocycles. The van der Waals surface area contributed by atoms with E-state index >= 15 is 0 Å². The van der Waals surface area contributed by atoms with Crippen LogP contribution < -0.4 is 15.4 Å². The van der Waals surface area contributed by atoms with Crippen molar-refractivity contribution in [1.82, 2.24) is 10.6 Å². The second-order valence-corrected chi connectivity index (χ2v) is 11.6. The van der Waals surface area contributed by atoms with E-state index in [2.05, 4.69) is 31.4 Å². The van der Waals surface area contributed by atoms with E-state index in [0.29, 0.717) is 23.0 Å². The molecule has 10 heteroatoms. The van der Waals surface area contributed by atoms with Crippen molar-refractivity contribution in [3.63, 3.8) is 0 Å². The maximum atomic E-state index is 13.1. The Morgan fingerprint density at radius 3 is 2.51 bits per heavy atom. The van der Waals surface area contributed by atoms with E-state index in [1.165, 1.54) is 13.2 Å². The van der Waals surface area contributed by atoms with Gasteiger partial charge in [0.2, 0.25) is 5.91 Å². The van der Waals surface area contributed by atoms with Gasteiger partial charge in [0.05, 0.1) is 31.3 Å². The molecule has 0 spiro atoms. The van der Waals surface area contributed by atoms with Gasteiger partial charge in [-0.1, -0.05) is 44.2 Å². The first-order valence-electron chi connectivity index (χ1n) is 13.4. The summed E-state index contributed by atoms with van der Waals surface area (Å²) in [6, 6.07) is 13.6. The molecule has 9 nitrogen and oxygen atoms in total. The lowest BCUT2D eigenvalue weighted by atomic mass is 9.43. The molecule has 5 unspecified atom stereocenters. The number of carbonyl (C=O) groups is 3. The monoisotopic (exact) mass is 534 g/mol. The van der Waals surface area contributed by atoms with E-state index in [1.807, 2.05) is 6.07 Å². The number of hydrogen-bond acceptors (Lipinski definition) is 6. The molecular formula is C29H35BN2O7. The zero-order valence-electron chi connectivity index (χ0n) is 22.7. The second-order valence-electron chi connectivity index (χ2n) is 11.6. The summed E-state index contributed by atoms with van der Waals surface area (Å²) in [5.41, 5.74) is 0.765. The number of rotatable bonds is 9. The standard InChI is InChI=1S/C29H35BN2O7/c1-28(2)19-14-21(28)29(3)22(15-19)38-30(39-29)23(13-18-11-8-12-20(27(35)36)25(18)37-4)32-24(33)16-31-26(34)17-9-6-5-7-10-17/h5-12,19,21-23H,13-16H2,1-4H3,(H,31,34)(H,32,33)(H,35,36). The Kier molecular flexibility index (Phi) is 7.20. The lowest BCUT2D eigenvalue weighted by Crippen LogP contribution is -2.65. The summed E-state index contributed by atoms with van der Waals surface area (Å²) in [5, 5.41) is 15.3. The Hall–Kier alpha value is -3.37. The minimum absolute atomic E-state index is 0.0339. The first-order valence-corrected chi connectivity index (χ1v) is 13.4. The number of carboxylic acid groups (broad SMARTS) is 1. The molecule has 2 amide bonds. The molecule has 6 rings (SSSR count). The predicted molar refractivity (Wildman–Crippen MR) is 144 cm³/mol. The van der Waals surface area contributed by atoms with Crippen molar-refractivity contribution in [3.05, 3.63) is 65.2 Å². The molecule has 1 saturated heterocycles. The van der Waals surface area contributed by atoms with Gasteiger partial charge in [0.1, 0.15) is 11.3 Å². The van der Waals surface area contributed by atoms with Gasteiger partial charge in [-0.2, -0.15) is 0 Å². The molecule has 2 bridgehead atoms. The third-order valence-electron chi connectivity index (χ3n) is 9.06. The molecule has 1 aliphatic heterocycles. The summed E-state index contributed by atoms with van der Waals surface area (Å²) in [6.45, 7) is 6.42. The van der Waals surface area contributed by atoms with Gasteiger partial charge in [0.25, 0.3) is 5.91 Å². The van der Waals surface area contributed by atoms with Gasteiger partial charge in [-0.25, -0.2) is 4.79 Å². The number of methoxy groups -OCH3 is 1. The molecule has 39 heavy (non-hydrogen) atoms. The zero-order chi connectivity index (χ0) is 27.9. The van der Waals surface area contributed by atoms with Crippen molar-refractivity contribution in [2.45, 2.75) is 57.7 Å². The SMILES string of the molecule is COc1c(CC(NC(=O)CNC(=O)c2ccccc2)B2OC3CC4CC(C4(C)C)C3(C)O2)cccc1C(=O)O. The van der Waals surface area contributed by atoms with Crippen LogP contribution in [0.4, 0.5) is 0 Å². The van der Waals surface area contributed by atoms with Crippen LogP contribution in [0, 0.1) is 17.3 Å². The van der Waals surface area contributed by atoms with E-state index in [4.69, 9.17) is 14.0 Å². The van der Waals surface area contributed by atoms with Crippen LogP contribution >= 0.6 is 0 Å². The summed E-state index contributed by atoms with van der Waals surface area (Å²) in [6.07, 6.45) is 2.10.